The van der Waals surface area contributed by atoms with Crippen molar-refractivity contribution in [2.24, 2.45) is 0 Å². The molecule has 0 unspecified atom stereocenters. The highest BCUT2D eigenvalue weighted by Gasteiger charge is 2.34. The van der Waals surface area contributed by atoms with Crippen LogP contribution < -0.4 is 4.90 Å². The molecular weight excluding hydrogens is 327 g/mol. The summed E-state index contributed by atoms with van der Waals surface area (Å²) in [5, 5.41) is 2.41. The second kappa shape index (κ2) is 6.56. The van der Waals surface area contributed by atoms with Gasteiger partial charge in [-0.1, -0.05) is 0 Å². The van der Waals surface area contributed by atoms with Crippen molar-refractivity contribution >= 4 is 34.5 Å². The quantitative estimate of drug-likeness (QED) is 0.614. The summed E-state index contributed by atoms with van der Waals surface area (Å²) < 4.78 is 43.9. The summed E-state index contributed by atoms with van der Waals surface area (Å²) in [5.74, 6) is -0.638. The fraction of sp³-hybridized carbons (Fsp3) is 0.312. The number of benzene rings is 1. The second-order valence-corrected chi connectivity index (χ2v) is 4.96. The SMILES string of the molecule is CCOC(=O)C1=CN(CC)c2ccc(C(F)(F)F)cc2C1=C=S. The van der Waals surface area contributed by atoms with Crippen molar-refractivity contribution in [3.63, 3.8) is 0 Å². The van der Waals surface area contributed by atoms with Gasteiger partial charge in [-0.05, 0) is 49.3 Å². The largest absolute Gasteiger partial charge is 0.462 e. The normalized spacial score (nSPS) is 14.0. The Balaban J connectivity index is 2.63. The van der Waals surface area contributed by atoms with Gasteiger partial charge in [0.25, 0.3) is 0 Å². The molecule has 23 heavy (non-hydrogen) atoms. The summed E-state index contributed by atoms with van der Waals surface area (Å²) in [7, 11) is 0. The molecule has 0 amide bonds. The van der Waals surface area contributed by atoms with Crippen LogP contribution in [0.2, 0.25) is 0 Å². The maximum atomic E-state index is 13.0. The highest BCUT2D eigenvalue weighted by atomic mass is 32.1. The summed E-state index contributed by atoms with van der Waals surface area (Å²) >= 11 is 4.80. The predicted octanol–water partition coefficient (Wildman–Crippen LogP) is 3.97. The van der Waals surface area contributed by atoms with E-state index in [-0.39, 0.29) is 23.3 Å². The lowest BCUT2D eigenvalue weighted by Gasteiger charge is -2.29. The van der Waals surface area contributed by atoms with Crippen LogP contribution in [-0.2, 0) is 15.7 Å². The average molecular weight is 341 g/mol. The van der Waals surface area contributed by atoms with Crippen LogP contribution in [0.5, 0.6) is 0 Å². The van der Waals surface area contributed by atoms with Gasteiger partial charge in [-0.25, -0.2) is 4.79 Å². The highest BCUT2D eigenvalue weighted by Crippen LogP contribution is 2.40. The number of hydrogen-bond donors (Lipinski definition) is 0. The third-order valence-corrected chi connectivity index (χ3v) is 3.60. The molecule has 0 saturated heterocycles. The first-order valence-electron chi connectivity index (χ1n) is 6.96. The van der Waals surface area contributed by atoms with Crippen LogP contribution in [0.25, 0.3) is 5.57 Å². The Morgan fingerprint density at radius 1 is 1.35 bits per heavy atom. The zero-order valence-electron chi connectivity index (χ0n) is 12.5. The van der Waals surface area contributed by atoms with Gasteiger partial charge < -0.3 is 9.64 Å². The van der Waals surface area contributed by atoms with Gasteiger partial charge >= 0.3 is 12.1 Å². The molecular formula is C16H14F3NO2S. The number of fused-ring (bicyclic) bond motifs is 1. The molecule has 1 aromatic carbocycles. The molecule has 1 heterocycles. The van der Waals surface area contributed by atoms with Crippen molar-refractivity contribution in [2.75, 3.05) is 18.1 Å². The third kappa shape index (κ3) is 3.30. The van der Waals surface area contributed by atoms with Crippen molar-refractivity contribution in [3.8, 4) is 0 Å². The lowest BCUT2D eigenvalue weighted by molar-refractivity contribution is -0.138. The molecule has 122 valence electrons. The van der Waals surface area contributed by atoms with Crippen LogP contribution in [0, 0.1) is 0 Å². The first kappa shape index (κ1) is 17.2. The van der Waals surface area contributed by atoms with E-state index >= 15 is 0 Å². The molecule has 7 heteroatoms. The van der Waals surface area contributed by atoms with E-state index < -0.39 is 17.7 Å². The van der Waals surface area contributed by atoms with Crippen molar-refractivity contribution in [1.82, 2.24) is 0 Å². The minimum absolute atomic E-state index is 0.107. The van der Waals surface area contributed by atoms with Gasteiger partial charge in [-0.15, -0.1) is 0 Å². The summed E-state index contributed by atoms with van der Waals surface area (Å²) in [6.07, 6.45) is -2.95. The number of hydrogen-bond acceptors (Lipinski definition) is 4. The number of anilines is 1. The number of ether oxygens (including phenoxy) is 1. The van der Waals surface area contributed by atoms with Crippen molar-refractivity contribution < 1.29 is 22.7 Å². The van der Waals surface area contributed by atoms with Gasteiger partial charge in [0.15, 0.2) is 0 Å². The third-order valence-electron chi connectivity index (χ3n) is 3.40. The van der Waals surface area contributed by atoms with E-state index in [0.29, 0.717) is 12.2 Å². The Kier molecular flexibility index (Phi) is 4.92. The predicted molar refractivity (Wildman–Crippen MR) is 85.2 cm³/mol. The Morgan fingerprint density at radius 3 is 2.57 bits per heavy atom. The van der Waals surface area contributed by atoms with E-state index in [1.54, 1.807) is 11.8 Å². The molecule has 0 saturated carbocycles. The molecule has 0 radical (unpaired) electrons. The standard InChI is InChI=1S/C16H14F3NO2S/c1-3-20-8-12(15(21)22-4-2)13(9-23)11-7-10(16(17,18)19)5-6-14(11)20/h5-8H,3-4H2,1-2H3. The monoisotopic (exact) mass is 341 g/mol. The Bertz CT molecular complexity index is 719. The molecule has 0 N–H and O–H groups in total. The molecule has 0 bridgehead atoms. The van der Waals surface area contributed by atoms with Gasteiger partial charge in [0, 0.05) is 24.0 Å². The number of rotatable bonds is 3. The summed E-state index contributed by atoms with van der Waals surface area (Å²) in [4.78, 5) is 13.8. The van der Waals surface area contributed by atoms with Crippen LogP contribution in [0.1, 0.15) is 25.0 Å². The molecule has 0 fully saturated rings. The fourth-order valence-electron chi connectivity index (χ4n) is 2.33. The summed E-state index contributed by atoms with van der Waals surface area (Å²) in [6.45, 7) is 4.11. The lowest BCUT2D eigenvalue weighted by Crippen LogP contribution is -2.25. The molecule has 0 aromatic heterocycles. The smallest absolute Gasteiger partial charge is 0.416 e. The molecule has 1 aromatic rings. The van der Waals surface area contributed by atoms with Gasteiger partial charge in [0.1, 0.15) is 0 Å². The van der Waals surface area contributed by atoms with Gasteiger partial charge in [0.05, 0.1) is 23.3 Å². The molecule has 1 aliphatic heterocycles. The summed E-state index contributed by atoms with van der Waals surface area (Å²) in [5.41, 5.74) is 0.211. The minimum Gasteiger partial charge on any atom is -0.462 e. The highest BCUT2D eigenvalue weighted by molar-refractivity contribution is 7.78. The van der Waals surface area contributed by atoms with Gasteiger partial charge in [-0.2, -0.15) is 13.2 Å². The maximum absolute atomic E-state index is 13.0. The van der Waals surface area contributed by atoms with Crippen molar-refractivity contribution in [2.45, 2.75) is 20.0 Å². The fourth-order valence-corrected chi connectivity index (χ4v) is 2.55. The molecule has 1 aliphatic rings. The zero-order valence-corrected chi connectivity index (χ0v) is 13.3. The van der Waals surface area contributed by atoms with E-state index in [4.69, 9.17) is 17.0 Å². The Morgan fingerprint density at radius 2 is 2.04 bits per heavy atom. The van der Waals surface area contributed by atoms with E-state index in [2.05, 4.69) is 5.02 Å². The Hall–Kier alpha value is -2.11. The number of carbonyl (C=O) groups is 1. The number of esters is 1. The van der Waals surface area contributed by atoms with Crippen LogP contribution in [0.4, 0.5) is 18.9 Å². The lowest BCUT2D eigenvalue weighted by atomic mass is 9.93. The molecule has 2 rings (SSSR count). The van der Waals surface area contributed by atoms with Crippen LogP contribution in [0.15, 0.2) is 30.0 Å². The zero-order chi connectivity index (χ0) is 17.2. The number of alkyl halides is 3. The van der Waals surface area contributed by atoms with E-state index in [1.165, 1.54) is 12.3 Å². The summed E-state index contributed by atoms with van der Waals surface area (Å²) in [6, 6.07) is 3.36. The van der Waals surface area contributed by atoms with Gasteiger partial charge in [0.2, 0.25) is 0 Å². The molecule has 0 aliphatic carbocycles. The average Bonchev–Trinajstić information content (AvgIpc) is 2.51. The van der Waals surface area contributed by atoms with Crippen LogP contribution >= 0.6 is 12.2 Å². The van der Waals surface area contributed by atoms with E-state index in [9.17, 15) is 18.0 Å². The van der Waals surface area contributed by atoms with E-state index in [1.807, 2.05) is 6.92 Å². The van der Waals surface area contributed by atoms with Gasteiger partial charge in [-0.3, -0.25) is 0 Å². The number of carbonyl (C=O) groups excluding carboxylic acids is 1. The number of nitrogens with zero attached hydrogens (tertiary/aromatic N) is 1. The maximum Gasteiger partial charge on any atom is 0.416 e. The molecule has 3 nitrogen and oxygen atoms in total. The van der Waals surface area contributed by atoms with E-state index in [0.717, 1.165) is 12.1 Å². The topological polar surface area (TPSA) is 29.5 Å². The van der Waals surface area contributed by atoms with Crippen LogP contribution in [-0.4, -0.2) is 24.1 Å². The molecule has 0 atom stereocenters. The Labute approximate surface area is 137 Å². The number of thiocarbonyl (C=S) groups is 1. The molecule has 0 spiro atoms. The minimum atomic E-state index is -4.48. The second-order valence-electron chi connectivity index (χ2n) is 4.76. The van der Waals surface area contributed by atoms with Crippen molar-refractivity contribution in [3.05, 3.63) is 41.1 Å². The first-order valence-corrected chi connectivity index (χ1v) is 7.37. The number of halogens is 3. The van der Waals surface area contributed by atoms with Crippen LogP contribution in [0.3, 0.4) is 0 Å². The first-order chi connectivity index (χ1) is 10.8. The van der Waals surface area contributed by atoms with Crippen molar-refractivity contribution in [1.29, 1.82) is 0 Å².